The molecule has 0 fully saturated rings. The van der Waals surface area contributed by atoms with Crippen molar-refractivity contribution in [3.8, 4) is 17.2 Å². The highest BCUT2D eigenvalue weighted by atomic mass is 35.5. The van der Waals surface area contributed by atoms with Gasteiger partial charge in [-0.05, 0) is 42.3 Å². The molecular weight excluding hydrogens is 398 g/mol. The van der Waals surface area contributed by atoms with Crippen molar-refractivity contribution in [2.75, 3.05) is 27.9 Å². The summed E-state index contributed by atoms with van der Waals surface area (Å²) in [5.74, 6) is 0.357. The van der Waals surface area contributed by atoms with Crippen LogP contribution in [0.1, 0.15) is 24.1 Å². The molecule has 1 N–H and O–H groups in total. The van der Waals surface area contributed by atoms with Crippen molar-refractivity contribution in [2.24, 2.45) is 0 Å². The first-order chi connectivity index (χ1) is 13.9. The topological polar surface area (TPSA) is 83.1 Å². The Morgan fingerprint density at radius 2 is 1.59 bits per heavy atom. The number of ether oxygens (including phenoxy) is 4. The molecular formula is C21H24ClNO6. The number of amides is 1. The number of halogens is 1. The van der Waals surface area contributed by atoms with Crippen LogP contribution >= 0.6 is 11.6 Å². The van der Waals surface area contributed by atoms with E-state index < -0.39 is 11.9 Å². The molecule has 0 bridgehead atoms. The number of esters is 1. The minimum atomic E-state index is -0.548. The number of carbonyl (C=O) groups is 2. The minimum absolute atomic E-state index is 0.0449. The monoisotopic (exact) mass is 421 g/mol. The summed E-state index contributed by atoms with van der Waals surface area (Å²) < 4.78 is 20.9. The number of hydrogen-bond acceptors (Lipinski definition) is 6. The number of hydrogen-bond donors (Lipinski definition) is 1. The smallest absolute Gasteiger partial charge is 0.310 e. The molecule has 0 unspecified atom stereocenters. The van der Waals surface area contributed by atoms with Gasteiger partial charge in [-0.25, -0.2) is 0 Å². The van der Waals surface area contributed by atoms with Gasteiger partial charge in [0.2, 0.25) is 5.75 Å². The van der Waals surface area contributed by atoms with Gasteiger partial charge in [-0.3, -0.25) is 9.59 Å². The van der Waals surface area contributed by atoms with Crippen molar-refractivity contribution >= 4 is 23.5 Å². The van der Waals surface area contributed by atoms with E-state index in [2.05, 4.69) is 5.32 Å². The molecule has 0 saturated heterocycles. The van der Waals surface area contributed by atoms with Gasteiger partial charge in [-0.2, -0.15) is 0 Å². The van der Waals surface area contributed by atoms with Crippen LogP contribution in [0, 0.1) is 0 Å². The summed E-state index contributed by atoms with van der Waals surface area (Å²) in [7, 11) is 4.48. The Kier molecular flexibility index (Phi) is 8.15. The Morgan fingerprint density at radius 1 is 1.00 bits per heavy atom. The van der Waals surface area contributed by atoms with E-state index in [0.29, 0.717) is 27.8 Å². The van der Waals surface area contributed by atoms with Crippen LogP contribution in [0.15, 0.2) is 36.4 Å². The Balaban J connectivity index is 1.90. The van der Waals surface area contributed by atoms with Crippen molar-refractivity contribution in [2.45, 2.75) is 19.4 Å². The normalized spacial score (nSPS) is 11.3. The number of methoxy groups -OCH3 is 3. The molecule has 8 heteroatoms. The quantitative estimate of drug-likeness (QED) is 0.625. The van der Waals surface area contributed by atoms with Gasteiger partial charge in [0, 0.05) is 5.02 Å². The third-order valence-corrected chi connectivity index (χ3v) is 4.44. The van der Waals surface area contributed by atoms with Gasteiger partial charge in [0.15, 0.2) is 18.1 Å². The average Bonchev–Trinajstić information content (AvgIpc) is 2.71. The molecule has 0 aliphatic heterocycles. The van der Waals surface area contributed by atoms with E-state index in [1.54, 1.807) is 24.3 Å². The van der Waals surface area contributed by atoms with Gasteiger partial charge in [0.1, 0.15) is 0 Å². The van der Waals surface area contributed by atoms with Crippen LogP contribution in [0.4, 0.5) is 0 Å². The predicted molar refractivity (Wildman–Crippen MR) is 109 cm³/mol. The lowest BCUT2D eigenvalue weighted by Gasteiger charge is -2.15. The van der Waals surface area contributed by atoms with Crippen molar-refractivity contribution in [3.05, 3.63) is 52.5 Å². The van der Waals surface area contributed by atoms with Crippen LogP contribution in [0.3, 0.4) is 0 Å². The summed E-state index contributed by atoms with van der Waals surface area (Å²) in [6, 6.07) is 10.2. The molecule has 1 amide bonds. The molecule has 0 aromatic heterocycles. The predicted octanol–water partition coefficient (Wildman–Crippen LogP) is 3.33. The van der Waals surface area contributed by atoms with Crippen molar-refractivity contribution in [1.82, 2.24) is 5.32 Å². The second kappa shape index (κ2) is 10.6. The van der Waals surface area contributed by atoms with Gasteiger partial charge < -0.3 is 24.3 Å². The summed E-state index contributed by atoms with van der Waals surface area (Å²) in [4.78, 5) is 24.2. The molecule has 2 rings (SSSR count). The Morgan fingerprint density at radius 3 is 2.10 bits per heavy atom. The number of nitrogens with one attached hydrogen (secondary N) is 1. The van der Waals surface area contributed by atoms with Crippen LogP contribution in [-0.4, -0.2) is 39.8 Å². The standard InChI is InChI=1S/C21H24ClNO6/c1-13(15-5-7-16(22)8-6-15)23-19(24)12-29-20(25)11-14-9-17(26-2)21(28-4)18(10-14)27-3/h5-10,13H,11-12H2,1-4H3,(H,23,24)/t13-/m0/s1. The van der Waals surface area contributed by atoms with E-state index in [0.717, 1.165) is 5.56 Å². The summed E-state index contributed by atoms with van der Waals surface area (Å²) in [5.41, 5.74) is 1.51. The first-order valence-corrected chi connectivity index (χ1v) is 9.25. The van der Waals surface area contributed by atoms with Crippen LogP contribution in [0.2, 0.25) is 5.02 Å². The molecule has 0 aliphatic carbocycles. The van der Waals surface area contributed by atoms with Gasteiger partial charge in [0.25, 0.3) is 5.91 Å². The van der Waals surface area contributed by atoms with Crippen LogP contribution in [-0.2, 0) is 20.7 Å². The maximum absolute atomic E-state index is 12.1. The number of rotatable bonds is 9. The highest BCUT2D eigenvalue weighted by Crippen LogP contribution is 2.38. The minimum Gasteiger partial charge on any atom is -0.493 e. The van der Waals surface area contributed by atoms with Crippen molar-refractivity contribution in [3.63, 3.8) is 0 Å². The summed E-state index contributed by atoms with van der Waals surface area (Å²) in [5, 5.41) is 3.39. The lowest BCUT2D eigenvalue weighted by molar-refractivity contribution is -0.148. The fraction of sp³-hybridized carbons (Fsp3) is 0.333. The molecule has 2 aromatic carbocycles. The largest absolute Gasteiger partial charge is 0.493 e. The van der Waals surface area contributed by atoms with E-state index in [1.807, 2.05) is 19.1 Å². The zero-order valence-electron chi connectivity index (χ0n) is 16.8. The fourth-order valence-corrected chi connectivity index (χ4v) is 2.85. The molecule has 156 valence electrons. The Hall–Kier alpha value is -2.93. The summed E-state index contributed by atoms with van der Waals surface area (Å²) in [6.07, 6.45) is -0.0449. The maximum Gasteiger partial charge on any atom is 0.310 e. The average molecular weight is 422 g/mol. The van der Waals surface area contributed by atoms with E-state index in [9.17, 15) is 9.59 Å². The fourth-order valence-electron chi connectivity index (χ4n) is 2.72. The van der Waals surface area contributed by atoms with Crippen LogP contribution < -0.4 is 19.5 Å². The molecule has 0 spiro atoms. The molecule has 0 heterocycles. The highest BCUT2D eigenvalue weighted by molar-refractivity contribution is 6.30. The third kappa shape index (κ3) is 6.29. The molecule has 0 radical (unpaired) electrons. The van der Waals surface area contributed by atoms with Gasteiger partial charge in [-0.1, -0.05) is 23.7 Å². The zero-order valence-corrected chi connectivity index (χ0v) is 17.5. The Bertz CT molecular complexity index is 828. The summed E-state index contributed by atoms with van der Waals surface area (Å²) >= 11 is 5.86. The van der Waals surface area contributed by atoms with E-state index >= 15 is 0 Å². The van der Waals surface area contributed by atoms with E-state index in [-0.39, 0.29) is 19.1 Å². The van der Waals surface area contributed by atoms with E-state index in [4.69, 9.17) is 30.5 Å². The molecule has 2 aromatic rings. The molecule has 0 saturated carbocycles. The molecule has 7 nitrogen and oxygen atoms in total. The van der Waals surface area contributed by atoms with Crippen LogP contribution in [0.5, 0.6) is 17.2 Å². The Labute approximate surface area is 174 Å². The lowest BCUT2D eigenvalue weighted by atomic mass is 10.1. The SMILES string of the molecule is COc1cc(CC(=O)OCC(=O)N[C@@H](C)c2ccc(Cl)cc2)cc(OC)c1OC. The zero-order chi connectivity index (χ0) is 21.4. The van der Waals surface area contributed by atoms with Gasteiger partial charge in [0.05, 0.1) is 33.8 Å². The molecule has 1 atom stereocenters. The highest BCUT2D eigenvalue weighted by Gasteiger charge is 2.16. The first kappa shape index (κ1) is 22.4. The third-order valence-electron chi connectivity index (χ3n) is 4.18. The second-order valence-electron chi connectivity index (χ2n) is 6.21. The summed E-state index contributed by atoms with van der Waals surface area (Å²) in [6.45, 7) is 1.46. The lowest BCUT2D eigenvalue weighted by Crippen LogP contribution is -2.31. The first-order valence-electron chi connectivity index (χ1n) is 8.87. The maximum atomic E-state index is 12.1. The van der Waals surface area contributed by atoms with Crippen LogP contribution in [0.25, 0.3) is 0 Å². The van der Waals surface area contributed by atoms with E-state index in [1.165, 1.54) is 21.3 Å². The number of carbonyl (C=O) groups excluding carboxylic acids is 2. The molecule has 29 heavy (non-hydrogen) atoms. The van der Waals surface area contributed by atoms with Gasteiger partial charge >= 0.3 is 5.97 Å². The van der Waals surface area contributed by atoms with Crippen molar-refractivity contribution < 1.29 is 28.5 Å². The number of benzene rings is 2. The molecule has 0 aliphatic rings. The van der Waals surface area contributed by atoms with Crippen molar-refractivity contribution in [1.29, 1.82) is 0 Å². The van der Waals surface area contributed by atoms with Gasteiger partial charge in [-0.15, -0.1) is 0 Å². The second-order valence-corrected chi connectivity index (χ2v) is 6.65.